The summed E-state index contributed by atoms with van der Waals surface area (Å²) in [6, 6.07) is 18.5. The molecule has 0 saturated heterocycles. The van der Waals surface area contributed by atoms with E-state index in [-0.39, 0.29) is 22.6 Å². The highest BCUT2D eigenvalue weighted by molar-refractivity contribution is 8.13. The fraction of sp³-hybridized carbons (Fsp3) is 0.0909. The molecule has 3 aromatic carbocycles. The highest BCUT2D eigenvalue weighted by Crippen LogP contribution is 2.24. The lowest BCUT2D eigenvalue weighted by Crippen LogP contribution is -2.45. The van der Waals surface area contributed by atoms with Gasteiger partial charge < -0.3 is 10.6 Å². The summed E-state index contributed by atoms with van der Waals surface area (Å²) >= 11 is 0. The normalized spacial score (nSPS) is 12.1. The first-order valence-electron chi connectivity index (χ1n) is 9.19. The van der Waals surface area contributed by atoms with Crippen LogP contribution in [0.4, 0.5) is 10.1 Å². The van der Waals surface area contributed by atoms with Crippen molar-refractivity contribution in [1.29, 1.82) is 0 Å². The van der Waals surface area contributed by atoms with Crippen LogP contribution < -0.4 is 10.6 Å². The van der Waals surface area contributed by atoms with Crippen molar-refractivity contribution < 1.29 is 22.4 Å². The number of hydrogen-bond donors (Lipinski definition) is 2. The maximum absolute atomic E-state index is 13.1. The minimum Gasteiger partial charge on any atom is -0.340 e. The summed E-state index contributed by atoms with van der Waals surface area (Å²) in [6.45, 7) is 0. The average Bonchev–Trinajstić information content (AvgIpc) is 2.74. The van der Waals surface area contributed by atoms with Crippen molar-refractivity contribution in [2.24, 2.45) is 0 Å². The third-order valence-corrected chi connectivity index (χ3v) is 5.80. The standard InChI is InChI=1S/C22H18ClFN2O4S/c23-31(29,30)20-9-5-4-8-18(20)25-22(28)19(14-15-6-2-1-3-7-15)26-21(27)16-10-12-17(24)13-11-16/h1-13,19H,14H2,(H,25,28)(H,26,27). The van der Waals surface area contributed by atoms with Crippen LogP contribution in [-0.4, -0.2) is 26.3 Å². The Morgan fingerprint density at radius 1 is 0.903 bits per heavy atom. The van der Waals surface area contributed by atoms with Crippen LogP contribution in [0.1, 0.15) is 15.9 Å². The zero-order valence-electron chi connectivity index (χ0n) is 16.1. The molecule has 9 heteroatoms. The van der Waals surface area contributed by atoms with Gasteiger partial charge >= 0.3 is 0 Å². The van der Waals surface area contributed by atoms with Crippen LogP contribution in [0, 0.1) is 5.82 Å². The van der Waals surface area contributed by atoms with E-state index < -0.39 is 32.7 Å². The van der Waals surface area contributed by atoms with Gasteiger partial charge in [0, 0.05) is 22.7 Å². The van der Waals surface area contributed by atoms with Crippen molar-refractivity contribution in [1.82, 2.24) is 5.32 Å². The van der Waals surface area contributed by atoms with Crippen LogP contribution in [-0.2, 0) is 20.3 Å². The van der Waals surface area contributed by atoms with Gasteiger partial charge in [0.05, 0.1) is 5.69 Å². The summed E-state index contributed by atoms with van der Waals surface area (Å²) in [6.07, 6.45) is 0.148. The predicted octanol–water partition coefficient (Wildman–Crippen LogP) is 3.73. The van der Waals surface area contributed by atoms with Crippen LogP contribution in [0.3, 0.4) is 0 Å². The zero-order chi connectivity index (χ0) is 22.4. The molecule has 0 saturated carbocycles. The van der Waals surface area contributed by atoms with E-state index in [1.54, 1.807) is 30.3 Å². The summed E-state index contributed by atoms with van der Waals surface area (Å²) < 4.78 is 36.7. The van der Waals surface area contributed by atoms with Gasteiger partial charge in [0.1, 0.15) is 16.8 Å². The highest BCUT2D eigenvalue weighted by Gasteiger charge is 2.24. The molecule has 0 spiro atoms. The van der Waals surface area contributed by atoms with Crippen molar-refractivity contribution in [3.05, 3.63) is 95.8 Å². The lowest BCUT2D eigenvalue weighted by molar-refractivity contribution is -0.118. The van der Waals surface area contributed by atoms with E-state index >= 15 is 0 Å². The zero-order valence-corrected chi connectivity index (χ0v) is 17.7. The molecule has 2 amide bonds. The number of amides is 2. The molecule has 0 heterocycles. The van der Waals surface area contributed by atoms with Gasteiger partial charge in [0.25, 0.3) is 15.0 Å². The van der Waals surface area contributed by atoms with Crippen molar-refractivity contribution in [2.75, 3.05) is 5.32 Å². The Balaban J connectivity index is 1.86. The number of rotatable bonds is 7. The number of nitrogens with one attached hydrogen (secondary N) is 2. The second-order valence-electron chi connectivity index (χ2n) is 6.65. The molecule has 0 fully saturated rings. The summed E-state index contributed by atoms with van der Waals surface area (Å²) in [5, 5.41) is 5.15. The number of para-hydroxylation sites is 1. The molecule has 3 aromatic rings. The first-order valence-corrected chi connectivity index (χ1v) is 11.5. The molecule has 0 bridgehead atoms. The molecule has 0 aromatic heterocycles. The predicted molar refractivity (Wildman–Crippen MR) is 116 cm³/mol. The third-order valence-electron chi connectivity index (χ3n) is 4.42. The maximum atomic E-state index is 13.1. The largest absolute Gasteiger partial charge is 0.340 e. The number of carbonyl (C=O) groups is 2. The fourth-order valence-electron chi connectivity index (χ4n) is 2.90. The van der Waals surface area contributed by atoms with Crippen molar-refractivity contribution in [3.63, 3.8) is 0 Å². The Kier molecular flexibility index (Phi) is 7.04. The Hall–Kier alpha value is -3.23. The lowest BCUT2D eigenvalue weighted by Gasteiger charge is -2.19. The van der Waals surface area contributed by atoms with Gasteiger partial charge in [0.2, 0.25) is 5.91 Å². The molecule has 2 N–H and O–H groups in total. The van der Waals surface area contributed by atoms with Crippen LogP contribution in [0.15, 0.2) is 83.8 Å². The second kappa shape index (κ2) is 9.72. The van der Waals surface area contributed by atoms with E-state index in [2.05, 4.69) is 10.6 Å². The van der Waals surface area contributed by atoms with E-state index in [0.29, 0.717) is 0 Å². The molecule has 1 unspecified atom stereocenters. The van der Waals surface area contributed by atoms with Gasteiger partial charge in [-0.15, -0.1) is 0 Å². The van der Waals surface area contributed by atoms with Crippen LogP contribution >= 0.6 is 10.7 Å². The molecule has 0 aliphatic rings. The topological polar surface area (TPSA) is 92.3 Å². The van der Waals surface area contributed by atoms with Crippen molar-refractivity contribution in [2.45, 2.75) is 17.4 Å². The maximum Gasteiger partial charge on any atom is 0.263 e. The van der Waals surface area contributed by atoms with Crippen LogP contribution in [0.2, 0.25) is 0 Å². The van der Waals surface area contributed by atoms with Crippen molar-refractivity contribution >= 4 is 37.2 Å². The number of hydrogen-bond acceptors (Lipinski definition) is 4. The fourth-order valence-corrected chi connectivity index (χ4v) is 3.93. The van der Waals surface area contributed by atoms with Gasteiger partial charge in [-0.3, -0.25) is 9.59 Å². The van der Waals surface area contributed by atoms with Crippen molar-refractivity contribution in [3.8, 4) is 0 Å². The first-order chi connectivity index (χ1) is 14.7. The van der Waals surface area contributed by atoms with E-state index in [4.69, 9.17) is 10.7 Å². The monoisotopic (exact) mass is 460 g/mol. The molecular formula is C22H18ClFN2O4S. The molecule has 160 valence electrons. The van der Waals surface area contributed by atoms with Gasteiger partial charge in [-0.1, -0.05) is 42.5 Å². The third kappa shape index (κ3) is 6.13. The molecule has 0 aliphatic carbocycles. The highest BCUT2D eigenvalue weighted by atomic mass is 35.7. The number of carbonyl (C=O) groups excluding carboxylic acids is 2. The van der Waals surface area contributed by atoms with E-state index in [1.165, 1.54) is 30.3 Å². The molecule has 31 heavy (non-hydrogen) atoms. The Labute approximate surface area is 183 Å². The van der Waals surface area contributed by atoms with E-state index in [0.717, 1.165) is 17.7 Å². The molecule has 0 radical (unpaired) electrons. The van der Waals surface area contributed by atoms with E-state index in [1.807, 2.05) is 6.07 Å². The number of benzene rings is 3. The van der Waals surface area contributed by atoms with E-state index in [9.17, 15) is 22.4 Å². The molecule has 3 rings (SSSR count). The molecule has 6 nitrogen and oxygen atoms in total. The van der Waals surface area contributed by atoms with Crippen LogP contribution in [0.5, 0.6) is 0 Å². The van der Waals surface area contributed by atoms with Gasteiger partial charge in [-0.05, 0) is 42.0 Å². The van der Waals surface area contributed by atoms with Gasteiger partial charge in [-0.2, -0.15) is 0 Å². The molecule has 1 atom stereocenters. The summed E-state index contributed by atoms with van der Waals surface area (Å²) in [5.74, 6) is -1.70. The Bertz CT molecular complexity index is 1190. The first kappa shape index (κ1) is 22.5. The summed E-state index contributed by atoms with van der Waals surface area (Å²) in [7, 11) is 1.36. The minimum absolute atomic E-state index is 0.00315. The smallest absolute Gasteiger partial charge is 0.263 e. The van der Waals surface area contributed by atoms with Gasteiger partial charge in [-0.25, -0.2) is 12.8 Å². The summed E-state index contributed by atoms with van der Waals surface area (Å²) in [5.41, 5.74) is 0.952. The average molecular weight is 461 g/mol. The minimum atomic E-state index is -4.10. The van der Waals surface area contributed by atoms with Gasteiger partial charge in [0.15, 0.2) is 0 Å². The SMILES string of the molecule is O=C(NC(Cc1ccccc1)C(=O)Nc1ccccc1S(=O)(=O)Cl)c1ccc(F)cc1. The molecular weight excluding hydrogens is 443 g/mol. The number of halogens is 2. The van der Waals surface area contributed by atoms with Crippen LogP contribution in [0.25, 0.3) is 0 Å². The lowest BCUT2D eigenvalue weighted by atomic mass is 10.0. The summed E-state index contributed by atoms with van der Waals surface area (Å²) in [4.78, 5) is 25.3. The Morgan fingerprint density at radius 3 is 2.16 bits per heavy atom. The Morgan fingerprint density at radius 2 is 1.52 bits per heavy atom. The quantitative estimate of drug-likeness (QED) is 0.525. The number of anilines is 1. The molecule has 0 aliphatic heterocycles. The second-order valence-corrected chi connectivity index (χ2v) is 9.18.